The molecule has 1 saturated heterocycles. The van der Waals surface area contributed by atoms with Gasteiger partial charge in [0.25, 0.3) is 0 Å². The maximum atomic E-state index is 11.2. The van der Waals surface area contributed by atoms with Crippen molar-refractivity contribution in [2.24, 2.45) is 0 Å². The van der Waals surface area contributed by atoms with Crippen molar-refractivity contribution in [3.05, 3.63) is 0 Å². The van der Waals surface area contributed by atoms with Crippen LogP contribution >= 0.6 is 22.9 Å². The minimum atomic E-state index is -5.14. The summed E-state index contributed by atoms with van der Waals surface area (Å²) < 4.78 is 39.8. The summed E-state index contributed by atoms with van der Waals surface area (Å²) in [6.07, 6.45) is 0. The zero-order valence-electron chi connectivity index (χ0n) is 6.88. The lowest BCUT2D eigenvalue weighted by Crippen LogP contribution is -1.89. The van der Waals surface area contributed by atoms with Gasteiger partial charge in [-0.2, -0.15) is 4.31 Å². The van der Waals surface area contributed by atoms with Crippen LogP contribution in [0.15, 0.2) is 0 Å². The minimum absolute atomic E-state index is 0.497. The molecular formula is C2H7BO8P3. The summed E-state index contributed by atoms with van der Waals surface area (Å²) in [4.78, 5) is 25.2. The van der Waals surface area contributed by atoms with Crippen molar-refractivity contribution < 1.29 is 37.0 Å². The van der Waals surface area contributed by atoms with Gasteiger partial charge < -0.3 is 19.2 Å². The van der Waals surface area contributed by atoms with Crippen LogP contribution in [-0.4, -0.2) is 27.2 Å². The third-order valence-corrected chi connectivity index (χ3v) is 6.67. The molecule has 3 atom stereocenters. The van der Waals surface area contributed by atoms with Gasteiger partial charge in [-0.15, -0.1) is 0 Å². The maximum Gasteiger partial charge on any atom is 0.486 e. The molecule has 0 spiro atoms. The molecule has 0 aliphatic carbocycles. The van der Waals surface area contributed by atoms with E-state index in [1.165, 1.54) is 13.9 Å². The molecule has 0 aromatic carbocycles. The van der Waals surface area contributed by atoms with Crippen molar-refractivity contribution in [1.29, 1.82) is 0 Å². The van der Waals surface area contributed by atoms with E-state index in [-0.39, 0.29) is 0 Å². The van der Waals surface area contributed by atoms with Crippen LogP contribution in [0.2, 0.25) is 0 Å². The Balaban J connectivity index is 2.65. The first-order valence-corrected chi connectivity index (χ1v) is 8.09. The number of hydrogen-bond donors (Lipinski definition) is 3. The van der Waals surface area contributed by atoms with Crippen molar-refractivity contribution >= 4 is 29.9 Å². The SMILES string of the molecule is C[C@H]1[B]P1(=O)OP(=O)(O)OP(=O)(O)O. The fourth-order valence-corrected chi connectivity index (χ4v) is 5.09. The van der Waals surface area contributed by atoms with Crippen molar-refractivity contribution in [1.82, 2.24) is 0 Å². The number of hydrogen-bond acceptors (Lipinski definition) is 5. The van der Waals surface area contributed by atoms with Crippen LogP contribution in [0.4, 0.5) is 0 Å². The van der Waals surface area contributed by atoms with E-state index < -0.39 is 28.5 Å². The summed E-state index contributed by atoms with van der Waals surface area (Å²) >= 11 is 0. The molecule has 1 heterocycles. The molecule has 0 amide bonds. The summed E-state index contributed by atoms with van der Waals surface area (Å²) in [5.74, 6) is 0. The van der Waals surface area contributed by atoms with E-state index >= 15 is 0 Å². The average molecular weight is 263 g/mol. The van der Waals surface area contributed by atoms with Crippen LogP contribution in [0.5, 0.6) is 0 Å². The van der Waals surface area contributed by atoms with Crippen molar-refractivity contribution in [3.63, 3.8) is 0 Å². The first-order valence-electron chi connectivity index (χ1n) is 3.31. The molecule has 1 radical (unpaired) electrons. The first-order chi connectivity index (χ1) is 6.04. The Morgan fingerprint density at radius 3 is 2.07 bits per heavy atom. The number of rotatable bonds is 4. The smallest absolute Gasteiger partial charge is 0.305 e. The van der Waals surface area contributed by atoms with Crippen LogP contribution < -0.4 is 0 Å². The standard InChI is InChI=1S/C2H7BO8P3/c1-2-3-12(2,4)10-14(8,9)11-13(5,6)7/h2H,1H3,(H,8,9)(H2,5,6,7)/t2-,12?/m0/s1. The molecule has 81 valence electrons. The quantitative estimate of drug-likeness (QED) is 0.492. The highest BCUT2D eigenvalue weighted by Gasteiger charge is 2.55. The summed E-state index contributed by atoms with van der Waals surface area (Å²) in [6, 6.07) is 0. The Morgan fingerprint density at radius 2 is 1.79 bits per heavy atom. The molecule has 1 rings (SSSR count). The molecule has 0 saturated carbocycles. The predicted octanol–water partition coefficient (Wildman–Crippen LogP) is 0.470. The molecule has 8 nitrogen and oxygen atoms in total. The highest BCUT2D eigenvalue weighted by Crippen LogP contribution is 2.75. The van der Waals surface area contributed by atoms with Gasteiger partial charge in [-0.1, -0.05) is 6.92 Å². The van der Waals surface area contributed by atoms with Crippen LogP contribution in [0.25, 0.3) is 0 Å². The second-order valence-corrected chi connectivity index (χ2v) is 8.29. The summed E-state index contributed by atoms with van der Waals surface area (Å²) in [5, 5.41) is 0. The van der Waals surface area contributed by atoms with Gasteiger partial charge in [0.15, 0.2) is 7.25 Å². The van der Waals surface area contributed by atoms with Gasteiger partial charge >= 0.3 is 15.6 Å². The molecule has 1 aliphatic heterocycles. The molecule has 1 aliphatic rings. The zero-order valence-corrected chi connectivity index (χ0v) is 9.56. The largest absolute Gasteiger partial charge is 0.486 e. The van der Waals surface area contributed by atoms with Gasteiger partial charge in [0.05, 0.1) is 0 Å². The summed E-state index contributed by atoms with van der Waals surface area (Å²) in [7, 11) is -13.4. The Morgan fingerprint density at radius 1 is 1.36 bits per heavy atom. The number of phosphoric acid groups is 2. The van der Waals surface area contributed by atoms with E-state index in [1.54, 1.807) is 0 Å². The third-order valence-electron chi connectivity index (χ3n) is 1.34. The third kappa shape index (κ3) is 3.61. The molecule has 12 heteroatoms. The molecule has 0 bridgehead atoms. The van der Waals surface area contributed by atoms with Gasteiger partial charge in [0.2, 0.25) is 7.00 Å². The Hall–Kier alpha value is 0.555. The van der Waals surface area contributed by atoms with E-state index in [4.69, 9.17) is 14.7 Å². The fraction of sp³-hybridized carbons (Fsp3) is 1.00. The van der Waals surface area contributed by atoms with Crippen LogP contribution in [0.1, 0.15) is 6.92 Å². The highest BCUT2D eigenvalue weighted by molar-refractivity contribution is 8.04. The molecule has 0 aromatic heterocycles. The van der Waals surface area contributed by atoms with Gasteiger partial charge in [0.1, 0.15) is 0 Å². The summed E-state index contributed by atoms with van der Waals surface area (Å²) in [6.45, 7) is 2.64. The van der Waals surface area contributed by atoms with E-state index in [9.17, 15) is 13.7 Å². The monoisotopic (exact) mass is 263 g/mol. The maximum absolute atomic E-state index is 11.2. The topological polar surface area (TPSA) is 130 Å². The lowest BCUT2D eigenvalue weighted by molar-refractivity contribution is 0.232. The highest BCUT2D eigenvalue weighted by atomic mass is 31.3. The van der Waals surface area contributed by atoms with E-state index in [2.05, 4.69) is 8.62 Å². The predicted molar refractivity (Wildman–Crippen MR) is 46.9 cm³/mol. The van der Waals surface area contributed by atoms with Gasteiger partial charge in [-0.25, -0.2) is 13.4 Å². The van der Waals surface area contributed by atoms with E-state index in [0.29, 0.717) is 0 Å². The second kappa shape index (κ2) is 3.54. The first kappa shape index (κ1) is 12.6. The summed E-state index contributed by atoms with van der Waals surface area (Å²) in [5.41, 5.74) is -0.497. The minimum Gasteiger partial charge on any atom is -0.305 e. The Kier molecular flexibility index (Phi) is 3.20. The van der Waals surface area contributed by atoms with Crippen molar-refractivity contribution in [2.45, 2.75) is 12.5 Å². The normalized spacial score (nSPS) is 35.9. The molecule has 14 heavy (non-hydrogen) atoms. The van der Waals surface area contributed by atoms with Crippen LogP contribution in [0, 0.1) is 0 Å². The molecule has 0 aromatic rings. The van der Waals surface area contributed by atoms with Crippen molar-refractivity contribution in [2.75, 3.05) is 0 Å². The molecule has 3 N–H and O–H groups in total. The van der Waals surface area contributed by atoms with Crippen molar-refractivity contribution in [3.8, 4) is 0 Å². The van der Waals surface area contributed by atoms with E-state index in [1.807, 2.05) is 0 Å². The molecule has 2 unspecified atom stereocenters. The lowest BCUT2D eigenvalue weighted by Gasteiger charge is -2.12. The Bertz CT molecular complexity index is 371. The Labute approximate surface area is 80.1 Å². The van der Waals surface area contributed by atoms with Gasteiger partial charge in [0, 0.05) is 5.56 Å². The average Bonchev–Trinajstić information content (AvgIpc) is 2.28. The molecule has 1 fully saturated rings. The second-order valence-electron chi connectivity index (χ2n) is 2.66. The van der Waals surface area contributed by atoms with Gasteiger partial charge in [-0.05, 0) is 0 Å². The van der Waals surface area contributed by atoms with Crippen LogP contribution in [0.3, 0.4) is 0 Å². The zero-order chi connectivity index (χ0) is 11.2. The lowest BCUT2D eigenvalue weighted by atomic mass is 10.1. The van der Waals surface area contributed by atoms with Crippen LogP contribution in [-0.2, 0) is 22.3 Å². The van der Waals surface area contributed by atoms with Gasteiger partial charge in [-0.3, -0.25) is 0 Å². The molecular weight excluding hydrogens is 256 g/mol. The van der Waals surface area contributed by atoms with E-state index in [0.717, 1.165) is 0 Å². The fourth-order valence-electron chi connectivity index (χ4n) is 0.674.